The monoisotopic (exact) mass is 351 g/mol. The van der Waals surface area contributed by atoms with Crippen LogP contribution in [0.2, 0.25) is 0 Å². The lowest BCUT2D eigenvalue weighted by molar-refractivity contribution is -0.146. The van der Waals surface area contributed by atoms with E-state index >= 15 is 0 Å². The van der Waals surface area contributed by atoms with Gasteiger partial charge in [-0.1, -0.05) is 30.3 Å². The number of rotatable bonds is 5. The summed E-state index contributed by atoms with van der Waals surface area (Å²) in [4.78, 5) is 23.9. The zero-order valence-corrected chi connectivity index (χ0v) is 13.3. The molecule has 0 saturated heterocycles. The Morgan fingerprint density at radius 3 is 2.40 bits per heavy atom. The van der Waals surface area contributed by atoms with E-state index in [0.29, 0.717) is 5.56 Å². The molecule has 1 N–H and O–H groups in total. The van der Waals surface area contributed by atoms with Crippen molar-refractivity contribution in [2.75, 3.05) is 0 Å². The molecule has 1 amide bonds. The second-order valence-corrected chi connectivity index (χ2v) is 5.37. The van der Waals surface area contributed by atoms with Crippen molar-refractivity contribution in [1.29, 1.82) is 0 Å². The number of amides is 1. The van der Waals surface area contributed by atoms with Crippen molar-refractivity contribution >= 4 is 11.9 Å². The Balaban J connectivity index is 1.90. The molecule has 2 rings (SSSR count). The summed E-state index contributed by atoms with van der Waals surface area (Å²) in [5.74, 6) is -1.18. The topological polar surface area (TPSA) is 55.4 Å². The zero-order valence-electron chi connectivity index (χ0n) is 13.3. The van der Waals surface area contributed by atoms with Crippen LogP contribution < -0.4 is 5.32 Å². The van der Waals surface area contributed by atoms with Crippen molar-refractivity contribution in [3.63, 3.8) is 0 Å². The molecule has 0 fully saturated rings. The van der Waals surface area contributed by atoms with Crippen LogP contribution in [0.1, 0.15) is 28.4 Å². The van der Waals surface area contributed by atoms with E-state index in [-0.39, 0.29) is 12.2 Å². The van der Waals surface area contributed by atoms with Crippen LogP contribution in [0.25, 0.3) is 0 Å². The van der Waals surface area contributed by atoms with Crippen LogP contribution in [0, 0.1) is 0 Å². The minimum atomic E-state index is -4.46. The Bertz CT molecular complexity index is 745. The minimum absolute atomic E-state index is 0.213. The molecule has 4 nitrogen and oxygen atoms in total. The molecular formula is C18H16F3NO3. The summed E-state index contributed by atoms with van der Waals surface area (Å²) in [6.45, 7) is 1.13. The number of hydrogen-bond donors (Lipinski definition) is 1. The lowest BCUT2D eigenvalue weighted by Crippen LogP contribution is -2.39. The van der Waals surface area contributed by atoms with E-state index in [1.54, 1.807) is 30.3 Å². The molecule has 1 unspecified atom stereocenters. The van der Waals surface area contributed by atoms with Gasteiger partial charge in [0.15, 0.2) is 0 Å². The molecule has 0 aliphatic carbocycles. The third-order valence-electron chi connectivity index (χ3n) is 3.37. The largest absolute Gasteiger partial charge is 0.459 e. The van der Waals surface area contributed by atoms with E-state index < -0.39 is 29.7 Å². The third-order valence-corrected chi connectivity index (χ3v) is 3.37. The maximum absolute atomic E-state index is 12.6. The molecule has 0 heterocycles. The van der Waals surface area contributed by atoms with Crippen LogP contribution in [0.5, 0.6) is 0 Å². The Labute approximate surface area is 142 Å². The van der Waals surface area contributed by atoms with Crippen molar-refractivity contribution in [2.45, 2.75) is 25.7 Å². The Hall–Kier alpha value is -2.83. The highest BCUT2D eigenvalue weighted by Gasteiger charge is 2.30. The molecular weight excluding hydrogens is 335 g/mol. The van der Waals surface area contributed by atoms with Gasteiger partial charge in [-0.25, -0.2) is 4.79 Å². The Morgan fingerprint density at radius 1 is 1.08 bits per heavy atom. The van der Waals surface area contributed by atoms with E-state index in [9.17, 15) is 22.8 Å². The van der Waals surface area contributed by atoms with Crippen molar-refractivity contribution < 1.29 is 27.5 Å². The van der Waals surface area contributed by atoms with E-state index in [1.165, 1.54) is 19.1 Å². The summed E-state index contributed by atoms with van der Waals surface area (Å²) in [6, 6.07) is 11.9. The van der Waals surface area contributed by atoms with Crippen LogP contribution in [-0.4, -0.2) is 17.9 Å². The number of halogens is 3. The Morgan fingerprint density at radius 2 is 1.76 bits per heavy atom. The van der Waals surface area contributed by atoms with Crippen molar-refractivity contribution in [2.24, 2.45) is 0 Å². The van der Waals surface area contributed by atoms with E-state index in [4.69, 9.17) is 4.74 Å². The standard InChI is InChI=1S/C18H16F3NO3/c1-12(22-16(23)14-7-3-2-4-8-14)17(24)25-11-13-6-5-9-15(10-13)18(19,20)21/h2-10,12H,11H2,1H3,(H,22,23). The summed E-state index contributed by atoms with van der Waals surface area (Å²) < 4.78 is 42.9. The number of nitrogens with one attached hydrogen (secondary N) is 1. The number of ether oxygens (including phenoxy) is 1. The average Bonchev–Trinajstić information content (AvgIpc) is 2.59. The predicted molar refractivity (Wildman–Crippen MR) is 84.6 cm³/mol. The van der Waals surface area contributed by atoms with Crippen molar-refractivity contribution in [3.8, 4) is 0 Å². The van der Waals surface area contributed by atoms with Gasteiger partial charge in [0.25, 0.3) is 5.91 Å². The molecule has 0 radical (unpaired) electrons. The van der Waals surface area contributed by atoms with E-state index in [0.717, 1.165) is 12.1 Å². The lowest BCUT2D eigenvalue weighted by Gasteiger charge is -2.14. The Kier molecular flexibility index (Phi) is 5.80. The highest BCUT2D eigenvalue weighted by Crippen LogP contribution is 2.29. The first kappa shape index (κ1) is 18.5. The second-order valence-electron chi connectivity index (χ2n) is 5.37. The van der Waals surface area contributed by atoms with Gasteiger partial charge in [0, 0.05) is 5.56 Å². The molecule has 0 bridgehead atoms. The number of hydrogen-bond acceptors (Lipinski definition) is 3. The summed E-state index contributed by atoms with van der Waals surface area (Å²) in [7, 11) is 0. The minimum Gasteiger partial charge on any atom is -0.459 e. The molecule has 25 heavy (non-hydrogen) atoms. The number of carbonyl (C=O) groups is 2. The SMILES string of the molecule is CC(NC(=O)c1ccccc1)C(=O)OCc1cccc(C(F)(F)F)c1. The number of carbonyl (C=O) groups excluding carboxylic acids is 2. The van der Waals surface area contributed by atoms with Gasteiger partial charge in [-0.15, -0.1) is 0 Å². The van der Waals surface area contributed by atoms with Gasteiger partial charge in [-0.05, 0) is 36.8 Å². The summed E-state index contributed by atoms with van der Waals surface area (Å²) in [6.07, 6.45) is -4.46. The molecule has 0 aliphatic rings. The molecule has 7 heteroatoms. The molecule has 0 spiro atoms. The second kappa shape index (κ2) is 7.83. The van der Waals surface area contributed by atoms with Crippen LogP contribution in [0.15, 0.2) is 54.6 Å². The third kappa shape index (κ3) is 5.34. The smallest absolute Gasteiger partial charge is 0.416 e. The summed E-state index contributed by atoms with van der Waals surface area (Å²) in [5, 5.41) is 2.47. The molecule has 0 aromatic heterocycles. The fourth-order valence-corrected chi connectivity index (χ4v) is 2.05. The fraction of sp³-hybridized carbons (Fsp3) is 0.222. The van der Waals surface area contributed by atoms with Gasteiger partial charge in [0.2, 0.25) is 0 Å². The first-order chi connectivity index (χ1) is 11.8. The van der Waals surface area contributed by atoms with Gasteiger partial charge in [-0.2, -0.15) is 13.2 Å². The maximum Gasteiger partial charge on any atom is 0.416 e. The van der Waals surface area contributed by atoms with E-state index in [2.05, 4.69) is 5.32 Å². The van der Waals surface area contributed by atoms with Crippen molar-refractivity contribution in [3.05, 3.63) is 71.3 Å². The number of benzene rings is 2. The van der Waals surface area contributed by atoms with Crippen LogP contribution in [-0.2, 0) is 22.3 Å². The zero-order chi connectivity index (χ0) is 18.4. The predicted octanol–water partition coefficient (Wildman–Crippen LogP) is 3.57. The molecule has 0 aliphatic heterocycles. The van der Waals surface area contributed by atoms with Crippen LogP contribution in [0.3, 0.4) is 0 Å². The maximum atomic E-state index is 12.6. The molecule has 0 saturated carbocycles. The van der Waals surface area contributed by atoms with Gasteiger partial charge in [0.1, 0.15) is 12.6 Å². The molecule has 2 aromatic rings. The van der Waals surface area contributed by atoms with Crippen molar-refractivity contribution in [1.82, 2.24) is 5.32 Å². The number of alkyl halides is 3. The first-order valence-electron chi connectivity index (χ1n) is 7.46. The van der Waals surface area contributed by atoms with E-state index in [1.807, 2.05) is 0 Å². The number of esters is 1. The first-order valence-corrected chi connectivity index (χ1v) is 7.46. The van der Waals surface area contributed by atoms with Gasteiger partial charge >= 0.3 is 12.1 Å². The normalized spacial score (nSPS) is 12.3. The fourth-order valence-electron chi connectivity index (χ4n) is 2.05. The molecule has 2 aromatic carbocycles. The van der Waals surface area contributed by atoms with Gasteiger partial charge in [0.05, 0.1) is 5.56 Å². The van der Waals surface area contributed by atoms with Crippen LogP contribution in [0.4, 0.5) is 13.2 Å². The van der Waals surface area contributed by atoms with Gasteiger partial charge in [-0.3, -0.25) is 4.79 Å². The molecule has 1 atom stereocenters. The highest BCUT2D eigenvalue weighted by molar-refractivity contribution is 5.96. The molecule has 132 valence electrons. The highest BCUT2D eigenvalue weighted by atomic mass is 19.4. The lowest BCUT2D eigenvalue weighted by atomic mass is 10.1. The summed E-state index contributed by atoms with van der Waals surface area (Å²) >= 11 is 0. The average molecular weight is 351 g/mol. The quantitative estimate of drug-likeness (QED) is 0.838. The summed E-state index contributed by atoms with van der Waals surface area (Å²) in [5.41, 5.74) is -0.212. The van der Waals surface area contributed by atoms with Crippen LogP contribution >= 0.6 is 0 Å². The van der Waals surface area contributed by atoms with Gasteiger partial charge < -0.3 is 10.1 Å².